The third kappa shape index (κ3) is 4.25. The first-order valence-corrected chi connectivity index (χ1v) is 11.4. The van der Waals surface area contributed by atoms with E-state index in [1.54, 1.807) is 26.2 Å². The lowest BCUT2D eigenvalue weighted by Crippen LogP contribution is -2.56. The van der Waals surface area contributed by atoms with Crippen molar-refractivity contribution in [3.8, 4) is 10.8 Å². The van der Waals surface area contributed by atoms with Gasteiger partial charge in [-0.3, -0.25) is 4.90 Å². The van der Waals surface area contributed by atoms with E-state index in [2.05, 4.69) is 14.8 Å². The molecule has 0 amide bonds. The quantitative estimate of drug-likeness (QED) is 0.731. The summed E-state index contributed by atoms with van der Waals surface area (Å²) in [6.07, 6.45) is 1.65. The lowest BCUT2D eigenvalue weighted by atomic mass is 10.3. The lowest BCUT2D eigenvalue weighted by Gasteiger charge is -2.38. The zero-order valence-electron chi connectivity index (χ0n) is 15.5. The summed E-state index contributed by atoms with van der Waals surface area (Å²) in [6.45, 7) is 5.98. The number of likely N-dealkylation sites (N-methyl/N-ethyl adjacent to an activating group) is 1. The molecule has 0 aromatic carbocycles. The minimum Gasteiger partial charge on any atom is -0.462 e. The zero-order valence-corrected chi connectivity index (χ0v) is 17.1. The van der Waals surface area contributed by atoms with Crippen LogP contribution in [-0.4, -0.2) is 91.2 Å². The molecule has 0 unspecified atom stereocenters. The fourth-order valence-corrected chi connectivity index (χ4v) is 5.78. The van der Waals surface area contributed by atoms with Crippen molar-refractivity contribution < 1.29 is 12.8 Å². The van der Waals surface area contributed by atoms with Gasteiger partial charge in [-0.2, -0.15) is 17.0 Å². The van der Waals surface area contributed by atoms with E-state index < -0.39 is 10.2 Å². The normalized spacial score (nSPS) is 21.7. The molecular weight excluding hydrogens is 386 g/mol. The van der Waals surface area contributed by atoms with E-state index in [0.29, 0.717) is 26.2 Å². The fourth-order valence-electron chi connectivity index (χ4n) is 3.42. The van der Waals surface area contributed by atoms with E-state index in [1.807, 2.05) is 24.6 Å². The Morgan fingerprint density at radius 2 is 1.74 bits per heavy atom. The van der Waals surface area contributed by atoms with Crippen LogP contribution in [0.3, 0.4) is 0 Å². The number of nitrogens with zero attached hydrogens (tertiary/aromatic N) is 5. The first kappa shape index (κ1) is 19.0. The average molecular weight is 412 g/mol. The van der Waals surface area contributed by atoms with E-state index in [0.717, 1.165) is 49.2 Å². The molecule has 148 valence electrons. The molecule has 2 aliphatic rings. The number of hydrogen-bond acceptors (Lipinski definition) is 7. The van der Waals surface area contributed by atoms with Gasteiger partial charge in [0.05, 0.1) is 12.0 Å². The molecule has 27 heavy (non-hydrogen) atoms. The fraction of sp³-hybridized carbons (Fsp3) is 0.588. The molecule has 2 aromatic heterocycles. The van der Waals surface area contributed by atoms with Crippen molar-refractivity contribution in [3.05, 3.63) is 29.5 Å². The van der Waals surface area contributed by atoms with Gasteiger partial charge in [-0.15, -0.1) is 11.3 Å². The number of furan rings is 1. The maximum absolute atomic E-state index is 12.8. The molecule has 2 aliphatic heterocycles. The molecule has 8 nitrogen and oxygen atoms in total. The third-order valence-electron chi connectivity index (χ3n) is 5.12. The van der Waals surface area contributed by atoms with Crippen LogP contribution in [0.25, 0.3) is 10.8 Å². The van der Waals surface area contributed by atoms with Crippen molar-refractivity contribution >= 4 is 21.5 Å². The minimum absolute atomic E-state index is 0.532. The molecule has 0 spiro atoms. The summed E-state index contributed by atoms with van der Waals surface area (Å²) in [7, 11) is -1.32. The first-order valence-electron chi connectivity index (χ1n) is 9.17. The Balaban J connectivity index is 1.31. The second-order valence-corrected chi connectivity index (χ2v) is 9.79. The van der Waals surface area contributed by atoms with E-state index in [1.165, 1.54) is 0 Å². The van der Waals surface area contributed by atoms with Gasteiger partial charge in [0.15, 0.2) is 10.8 Å². The number of thiazole rings is 1. The van der Waals surface area contributed by atoms with Crippen LogP contribution in [0.2, 0.25) is 0 Å². The highest BCUT2D eigenvalue weighted by molar-refractivity contribution is 7.86. The highest BCUT2D eigenvalue weighted by atomic mass is 32.2. The Morgan fingerprint density at radius 3 is 2.37 bits per heavy atom. The zero-order chi connectivity index (χ0) is 18.9. The number of hydrogen-bond donors (Lipinski definition) is 0. The van der Waals surface area contributed by atoms with Gasteiger partial charge in [-0.1, -0.05) is 0 Å². The summed E-state index contributed by atoms with van der Waals surface area (Å²) in [4.78, 5) is 9.06. The van der Waals surface area contributed by atoms with E-state index in [4.69, 9.17) is 4.42 Å². The van der Waals surface area contributed by atoms with Crippen LogP contribution in [0.5, 0.6) is 0 Å². The van der Waals surface area contributed by atoms with Crippen molar-refractivity contribution in [1.82, 2.24) is 23.4 Å². The Kier molecular flexibility index (Phi) is 5.62. The van der Waals surface area contributed by atoms with E-state index >= 15 is 0 Å². The molecular formula is C17H25N5O3S2. The molecule has 4 rings (SSSR count). The van der Waals surface area contributed by atoms with Crippen LogP contribution in [0.1, 0.15) is 5.69 Å². The van der Waals surface area contributed by atoms with Gasteiger partial charge in [-0.05, 0) is 19.2 Å². The predicted molar refractivity (Wildman–Crippen MR) is 105 cm³/mol. The Bertz CT molecular complexity index is 836. The molecule has 0 saturated carbocycles. The molecule has 0 N–H and O–H groups in total. The first-order chi connectivity index (χ1) is 13.0. The maximum atomic E-state index is 12.8. The summed E-state index contributed by atoms with van der Waals surface area (Å²) < 4.78 is 34.3. The molecule has 0 radical (unpaired) electrons. The topological polar surface area (TPSA) is 73.1 Å². The Morgan fingerprint density at radius 1 is 1.07 bits per heavy atom. The number of aromatic nitrogens is 1. The second-order valence-electron chi connectivity index (χ2n) is 7.01. The van der Waals surface area contributed by atoms with Crippen molar-refractivity contribution in [1.29, 1.82) is 0 Å². The van der Waals surface area contributed by atoms with Crippen LogP contribution in [0, 0.1) is 0 Å². The highest BCUT2D eigenvalue weighted by Gasteiger charge is 2.33. The number of piperazine rings is 2. The van der Waals surface area contributed by atoms with Crippen LogP contribution in [-0.2, 0) is 16.8 Å². The molecule has 2 saturated heterocycles. The standard InChI is InChI=1S/C17H25N5O3S2/c1-19-4-8-21(9-5-19)27(23,24)22-10-6-20(7-11-22)13-15-14-26-17(18-15)16-3-2-12-25-16/h2-3,12,14H,4-11,13H2,1H3. The molecule has 0 atom stereocenters. The lowest BCUT2D eigenvalue weighted by molar-refractivity contribution is 0.164. The van der Waals surface area contributed by atoms with Gasteiger partial charge < -0.3 is 9.32 Å². The van der Waals surface area contributed by atoms with Crippen LogP contribution in [0.15, 0.2) is 28.2 Å². The smallest absolute Gasteiger partial charge is 0.282 e. The summed E-state index contributed by atoms with van der Waals surface area (Å²) in [5, 5.41) is 2.93. The minimum atomic E-state index is -3.34. The van der Waals surface area contributed by atoms with Crippen LogP contribution >= 0.6 is 11.3 Å². The van der Waals surface area contributed by atoms with Crippen LogP contribution in [0.4, 0.5) is 0 Å². The van der Waals surface area contributed by atoms with Gasteiger partial charge in [0.2, 0.25) is 0 Å². The second kappa shape index (κ2) is 7.98. The molecule has 2 fully saturated rings. The molecule has 0 bridgehead atoms. The molecule has 0 aliphatic carbocycles. The maximum Gasteiger partial charge on any atom is 0.282 e. The Labute approximate surface area is 164 Å². The summed E-state index contributed by atoms with van der Waals surface area (Å²) >= 11 is 1.57. The van der Waals surface area contributed by atoms with Crippen molar-refractivity contribution in [2.75, 3.05) is 59.4 Å². The predicted octanol–water partition coefficient (Wildman–Crippen LogP) is 1.01. The molecule has 4 heterocycles. The average Bonchev–Trinajstić information content (AvgIpc) is 3.34. The number of rotatable bonds is 5. The van der Waals surface area contributed by atoms with Crippen molar-refractivity contribution in [3.63, 3.8) is 0 Å². The van der Waals surface area contributed by atoms with Crippen LogP contribution < -0.4 is 0 Å². The van der Waals surface area contributed by atoms with Gasteiger partial charge in [0, 0.05) is 64.3 Å². The van der Waals surface area contributed by atoms with Gasteiger partial charge in [0.1, 0.15) is 0 Å². The largest absolute Gasteiger partial charge is 0.462 e. The van der Waals surface area contributed by atoms with Gasteiger partial charge >= 0.3 is 0 Å². The monoisotopic (exact) mass is 411 g/mol. The van der Waals surface area contributed by atoms with E-state index in [9.17, 15) is 8.42 Å². The SMILES string of the molecule is CN1CCN(S(=O)(=O)N2CCN(Cc3csc(-c4ccco4)n3)CC2)CC1. The van der Waals surface area contributed by atoms with Crippen molar-refractivity contribution in [2.45, 2.75) is 6.54 Å². The summed E-state index contributed by atoms with van der Waals surface area (Å²) in [5.74, 6) is 0.786. The van der Waals surface area contributed by atoms with Gasteiger partial charge in [-0.25, -0.2) is 4.98 Å². The summed E-state index contributed by atoms with van der Waals surface area (Å²) in [5.41, 5.74) is 1.00. The van der Waals surface area contributed by atoms with Gasteiger partial charge in [0.25, 0.3) is 10.2 Å². The summed E-state index contributed by atoms with van der Waals surface area (Å²) in [6, 6.07) is 3.76. The Hall–Kier alpha value is -1.30. The molecule has 10 heteroatoms. The molecule has 2 aromatic rings. The van der Waals surface area contributed by atoms with Crippen molar-refractivity contribution in [2.24, 2.45) is 0 Å². The third-order valence-corrected chi connectivity index (χ3v) is 8.06. The van der Waals surface area contributed by atoms with E-state index in [-0.39, 0.29) is 0 Å². The highest BCUT2D eigenvalue weighted by Crippen LogP contribution is 2.25.